The predicted molar refractivity (Wildman–Crippen MR) is 39.9 cm³/mol. The zero-order valence-corrected chi connectivity index (χ0v) is 3.09. The molecule has 0 saturated heterocycles. The van der Waals surface area contributed by atoms with E-state index in [1.165, 1.54) is 0 Å². The molecule has 0 spiro atoms. The van der Waals surface area contributed by atoms with Gasteiger partial charge in [0.05, 0.1) is 0 Å². The molecule has 0 heterocycles. The van der Waals surface area contributed by atoms with Crippen LogP contribution in [-0.2, 0) is 4.57 Å². The molecular weight excluding hydrogens is 360 g/mol. The third-order valence-corrected chi connectivity index (χ3v) is 0. The molecule has 0 aliphatic rings. The molecular formula is H9BaCaO4PSr. The van der Waals surface area contributed by atoms with Gasteiger partial charge in [0.2, 0.25) is 0 Å². The van der Waals surface area contributed by atoms with Gasteiger partial charge in [0.25, 0.3) is 0 Å². The molecule has 44 valence electrons. The molecule has 0 bridgehead atoms. The Hall–Kier alpha value is 4.42. The molecule has 0 saturated carbocycles. The molecule has 0 atom stereocenters. The number of rotatable bonds is 0. The molecule has 0 fully saturated rings. The van der Waals surface area contributed by atoms with Crippen LogP contribution in [0.2, 0.25) is 0 Å². The molecule has 4 nitrogen and oxygen atoms in total. The van der Waals surface area contributed by atoms with Gasteiger partial charge in [-0.25, -0.2) is 4.57 Å². The van der Waals surface area contributed by atoms with E-state index in [2.05, 4.69) is 0 Å². The van der Waals surface area contributed by atoms with Gasteiger partial charge in [0.15, 0.2) is 0 Å². The fourth-order valence-corrected chi connectivity index (χ4v) is 0. The SMILES string of the molecule is O=P(O)(O)O.[BaH2].[CaH2].[SrH2]. The van der Waals surface area contributed by atoms with Gasteiger partial charge in [-0.15, -0.1) is 0 Å². The second-order valence-electron chi connectivity index (χ2n) is 0.513. The Morgan fingerprint density at radius 1 is 1.12 bits per heavy atom. The standard InChI is InChI=1S/Ba.Ca.H3O4P.Sr.6H/c;;1-5(2,3)4;;;;;;;/h;;(H3,1,2,3,4);;;;;;;. The van der Waals surface area contributed by atoms with Crippen molar-refractivity contribution in [2.75, 3.05) is 0 Å². The zero-order valence-electron chi connectivity index (χ0n) is 2.20. The normalized spacial score (nSPS) is 7.38. The first-order valence-corrected chi connectivity index (χ1v) is 2.35. The van der Waals surface area contributed by atoms with E-state index in [0.29, 0.717) is 0 Å². The quantitative estimate of drug-likeness (QED) is 0.304. The summed E-state index contributed by atoms with van der Waals surface area (Å²) in [6.07, 6.45) is 0. The van der Waals surface area contributed by atoms with Crippen LogP contribution in [-0.4, -0.2) is 147 Å². The third kappa shape index (κ3) is 47.3. The molecule has 0 aliphatic carbocycles. The maximum atomic E-state index is 8.88. The minimum absolute atomic E-state index is 0. The molecule has 0 radical (unpaired) electrons. The van der Waals surface area contributed by atoms with Crippen LogP contribution in [0.25, 0.3) is 0 Å². The molecule has 0 unspecified atom stereocenters. The number of phosphoric acid groups is 1. The van der Waals surface area contributed by atoms with Crippen molar-refractivity contribution in [3.63, 3.8) is 0 Å². The second kappa shape index (κ2) is 11.4. The van der Waals surface area contributed by atoms with Gasteiger partial charge in [0.1, 0.15) is 0 Å². The summed E-state index contributed by atoms with van der Waals surface area (Å²) in [6.45, 7) is 0. The molecule has 8 heteroatoms. The van der Waals surface area contributed by atoms with Crippen LogP contribution in [0.3, 0.4) is 0 Å². The van der Waals surface area contributed by atoms with Gasteiger partial charge in [-0.3, -0.25) is 0 Å². The summed E-state index contributed by atoms with van der Waals surface area (Å²) < 4.78 is 8.88. The average Bonchev–Trinajstić information content (AvgIpc) is 0.722. The summed E-state index contributed by atoms with van der Waals surface area (Å²) in [5.41, 5.74) is 0. The van der Waals surface area contributed by atoms with Crippen molar-refractivity contribution in [3.05, 3.63) is 0 Å². The molecule has 0 aromatic rings. The first-order valence-electron chi connectivity index (χ1n) is 0.783. The summed E-state index contributed by atoms with van der Waals surface area (Å²) in [5.74, 6) is 0. The first kappa shape index (κ1) is 22.8. The van der Waals surface area contributed by atoms with E-state index in [4.69, 9.17) is 19.2 Å². The van der Waals surface area contributed by atoms with Gasteiger partial charge in [-0.2, -0.15) is 0 Å². The van der Waals surface area contributed by atoms with Gasteiger partial charge in [-0.1, -0.05) is 0 Å². The van der Waals surface area contributed by atoms with Crippen molar-refractivity contribution in [2.45, 2.75) is 0 Å². The molecule has 0 rings (SSSR count). The van der Waals surface area contributed by atoms with Crippen LogP contribution in [0.1, 0.15) is 0 Å². The van der Waals surface area contributed by atoms with Crippen LogP contribution >= 0.6 is 7.82 Å². The summed E-state index contributed by atoms with van der Waals surface area (Å²) in [5, 5.41) is 0. The third-order valence-electron chi connectivity index (χ3n) is 0. The monoisotopic (exact) mass is 370 g/mol. The fraction of sp³-hybridized carbons (Fsp3) is 0. The summed E-state index contributed by atoms with van der Waals surface area (Å²) in [6, 6.07) is 0. The van der Waals surface area contributed by atoms with E-state index in [1.54, 1.807) is 0 Å². The zero-order chi connectivity index (χ0) is 4.50. The van der Waals surface area contributed by atoms with Gasteiger partial charge >= 0.3 is 140 Å². The number of hydrogen-bond acceptors (Lipinski definition) is 1. The number of hydrogen-bond donors (Lipinski definition) is 3. The molecule has 8 heavy (non-hydrogen) atoms. The summed E-state index contributed by atoms with van der Waals surface area (Å²) in [4.78, 5) is 21.6. The first-order chi connectivity index (χ1) is 2.00. The van der Waals surface area contributed by atoms with Gasteiger partial charge in [0, 0.05) is 0 Å². The van der Waals surface area contributed by atoms with Crippen LogP contribution in [0.15, 0.2) is 0 Å². The molecule has 3 N–H and O–H groups in total. The second-order valence-corrected chi connectivity index (χ2v) is 1.54. The maximum absolute atomic E-state index is 8.88. The van der Waals surface area contributed by atoms with Gasteiger partial charge < -0.3 is 14.7 Å². The molecule has 0 amide bonds. The van der Waals surface area contributed by atoms with Crippen LogP contribution in [0, 0.1) is 0 Å². The van der Waals surface area contributed by atoms with E-state index in [0.717, 1.165) is 0 Å². The molecule has 0 aromatic heterocycles. The van der Waals surface area contributed by atoms with Crippen molar-refractivity contribution in [2.24, 2.45) is 0 Å². The fourth-order valence-electron chi connectivity index (χ4n) is 0. The Morgan fingerprint density at radius 3 is 1.12 bits per heavy atom. The topological polar surface area (TPSA) is 77.8 Å². The summed E-state index contributed by atoms with van der Waals surface area (Å²) in [7, 11) is -4.64. The van der Waals surface area contributed by atoms with Crippen molar-refractivity contribution in [1.29, 1.82) is 0 Å². The Bertz CT molecular complexity index is 62.2. The Kier molecular flexibility index (Phi) is 32.6. The van der Waals surface area contributed by atoms with E-state index in [1.807, 2.05) is 0 Å². The van der Waals surface area contributed by atoms with E-state index >= 15 is 0 Å². The predicted octanol–water partition coefficient (Wildman–Crippen LogP) is -3.68. The van der Waals surface area contributed by atoms with Crippen molar-refractivity contribution in [1.82, 2.24) is 0 Å². The Balaban J connectivity index is -0.0000000267. The average molecular weight is 369 g/mol. The Morgan fingerprint density at radius 2 is 1.12 bits per heavy atom. The minimum atomic E-state index is -4.64. The van der Waals surface area contributed by atoms with E-state index < -0.39 is 7.82 Å². The Labute approximate surface area is 154 Å². The molecule has 0 aliphatic heterocycles. The molecule has 0 aromatic carbocycles. The van der Waals surface area contributed by atoms with Crippen molar-refractivity contribution in [3.8, 4) is 0 Å². The van der Waals surface area contributed by atoms with Crippen LogP contribution < -0.4 is 0 Å². The summed E-state index contributed by atoms with van der Waals surface area (Å²) >= 11 is 0. The van der Waals surface area contributed by atoms with E-state index in [-0.39, 0.29) is 132 Å². The van der Waals surface area contributed by atoms with Crippen molar-refractivity contribution < 1.29 is 19.2 Å². The van der Waals surface area contributed by atoms with Gasteiger partial charge in [-0.05, 0) is 0 Å². The van der Waals surface area contributed by atoms with Crippen LogP contribution in [0.5, 0.6) is 0 Å². The van der Waals surface area contributed by atoms with Crippen molar-refractivity contribution >= 4 is 140 Å². The van der Waals surface area contributed by atoms with Crippen LogP contribution in [0.4, 0.5) is 0 Å². The van der Waals surface area contributed by atoms with E-state index in [9.17, 15) is 0 Å².